The summed E-state index contributed by atoms with van der Waals surface area (Å²) in [7, 11) is 0. The average Bonchev–Trinajstić information content (AvgIpc) is 2.84. The summed E-state index contributed by atoms with van der Waals surface area (Å²) in [5, 5.41) is 10.1. The smallest absolute Gasteiger partial charge is 0.123 e. The number of hydrogen-bond donors (Lipinski definition) is 1. The zero-order valence-corrected chi connectivity index (χ0v) is 11.8. The molecule has 1 N–H and O–H groups in total. The van der Waals surface area contributed by atoms with E-state index in [0.29, 0.717) is 23.9 Å². The van der Waals surface area contributed by atoms with Crippen LogP contribution >= 0.6 is 0 Å². The summed E-state index contributed by atoms with van der Waals surface area (Å²) >= 11 is 0. The molecule has 19 heavy (non-hydrogen) atoms. The van der Waals surface area contributed by atoms with Crippen LogP contribution in [0.1, 0.15) is 44.8 Å². The van der Waals surface area contributed by atoms with Crippen LogP contribution in [0.3, 0.4) is 0 Å². The molecule has 2 atom stereocenters. The third-order valence-corrected chi connectivity index (χ3v) is 4.11. The SMILES string of the molecule is CC(C)C1CCCN1CCC(O)c1cccc(F)c1. The van der Waals surface area contributed by atoms with Gasteiger partial charge in [-0.1, -0.05) is 26.0 Å². The van der Waals surface area contributed by atoms with Gasteiger partial charge in [0.25, 0.3) is 0 Å². The second kappa shape index (κ2) is 6.49. The third-order valence-electron chi connectivity index (χ3n) is 4.11. The summed E-state index contributed by atoms with van der Waals surface area (Å²) in [6.07, 6.45) is 2.61. The Morgan fingerprint density at radius 3 is 2.89 bits per heavy atom. The van der Waals surface area contributed by atoms with Crippen LogP contribution in [0.4, 0.5) is 4.39 Å². The lowest BCUT2D eigenvalue weighted by atomic mass is 10.0. The highest BCUT2D eigenvalue weighted by Crippen LogP contribution is 2.25. The molecule has 2 nitrogen and oxygen atoms in total. The van der Waals surface area contributed by atoms with Crippen LogP contribution in [0.5, 0.6) is 0 Å². The molecule has 1 aromatic rings. The largest absolute Gasteiger partial charge is 0.388 e. The highest BCUT2D eigenvalue weighted by molar-refractivity contribution is 5.18. The first-order valence-electron chi connectivity index (χ1n) is 7.25. The Balaban J connectivity index is 1.88. The first-order valence-corrected chi connectivity index (χ1v) is 7.25. The Morgan fingerprint density at radius 1 is 1.42 bits per heavy atom. The molecule has 1 aliphatic rings. The Morgan fingerprint density at radius 2 is 2.21 bits per heavy atom. The van der Waals surface area contributed by atoms with Crippen molar-refractivity contribution in [2.75, 3.05) is 13.1 Å². The molecule has 1 saturated heterocycles. The number of halogens is 1. The van der Waals surface area contributed by atoms with Gasteiger partial charge >= 0.3 is 0 Å². The van der Waals surface area contributed by atoms with Gasteiger partial charge in [0.2, 0.25) is 0 Å². The topological polar surface area (TPSA) is 23.5 Å². The zero-order chi connectivity index (χ0) is 13.8. The van der Waals surface area contributed by atoms with Crippen molar-refractivity contribution >= 4 is 0 Å². The Hall–Kier alpha value is -0.930. The minimum atomic E-state index is -0.566. The molecule has 0 amide bonds. The van der Waals surface area contributed by atoms with Crippen molar-refractivity contribution in [2.24, 2.45) is 5.92 Å². The highest BCUT2D eigenvalue weighted by Gasteiger charge is 2.27. The van der Waals surface area contributed by atoms with E-state index < -0.39 is 6.10 Å². The summed E-state index contributed by atoms with van der Waals surface area (Å²) in [5.74, 6) is 0.381. The monoisotopic (exact) mass is 265 g/mol. The molecule has 2 unspecified atom stereocenters. The summed E-state index contributed by atoms with van der Waals surface area (Å²) < 4.78 is 13.1. The minimum Gasteiger partial charge on any atom is -0.388 e. The van der Waals surface area contributed by atoms with Gasteiger partial charge in [-0.25, -0.2) is 4.39 Å². The van der Waals surface area contributed by atoms with Crippen molar-refractivity contribution in [3.63, 3.8) is 0 Å². The normalized spacial score (nSPS) is 22.1. The van der Waals surface area contributed by atoms with Crippen LogP contribution in [-0.2, 0) is 0 Å². The molecular weight excluding hydrogens is 241 g/mol. The van der Waals surface area contributed by atoms with E-state index in [0.717, 1.165) is 13.1 Å². The third kappa shape index (κ3) is 3.77. The maximum absolute atomic E-state index is 13.1. The molecule has 2 rings (SSSR count). The van der Waals surface area contributed by atoms with Crippen molar-refractivity contribution in [1.29, 1.82) is 0 Å². The van der Waals surface area contributed by atoms with E-state index in [1.807, 2.05) is 0 Å². The number of nitrogens with zero attached hydrogens (tertiary/aromatic N) is 1. The number of rotatable bonds is 5. The standard InChI is InChI=1S/C16H24FNO/c1-12(2)15-7-4-9-18(15)10-8-16(19)13-5-3-6-14(17)11-13/h3,5-6,11-12,15-16,19H,4,7-10H2,1-2H3. The maximum Gasteiger partial charge on any atom is 0.123 e. The number of aliphatic hydroxyl groups excluding tert-OH is 1. The zero-order valence-electron chi connectivity index (χ0n) is 11.8. The quantitative estimate of drug-likeness (QED) is 0.882. The molecule has 0 radical (unpaired) electrons. The van der Waals surface area contributed by atoms with Crippen molar-refractivity contribution in [3.05, 3.63) is 35.6 Å². The van der Waals surface area contributed by atoms with Gasteiger partial charge in [-0.05, 0) is 49.4 Å². The lowest BCUT2D eigenvalue weighted by Gasteiger charge is -2.28. The average molecular weight is 265 g/mol. The summed E-state index contributed by atoms with van der Waals surface area (Å²) in [6.45, 7) is 6.53. The van der Waals surface area contributed by atoms with Crippen molar-refractivity contribution in [3.8, 4) is 0 Å². The summed E-state index contributed by atoms with van der Waals surface area (Å²) in [6, 6.07) is 6.91. The minimum absolute atomic E-state index is 0.280. The Kier molecular flexibility index (Phi) is 4.94. The second-order valence-electron chi connectivity index (χ2n) is 5.85. The van der Waals surface area contributed by atoms with Crippen LogP contribution < -0.4 is 0 Å². The van der Waals surface area contributed by atoms with Crippen LogP contribution in [0.25, 0.3) is 0 Å². The van der Waals surface area contributed by atoms with Gasteiger partial charge in [0, 0.05) is 12.6 Å². The second-order valence-corrected chi connectivity index (χ2v) is 5.85. The van der Waals surface area contributed by atoms with Crippen molar-refractivity contribution in [1.82, 2.24) is 4.90 Å². The first kappa shape index (κ1) is 14.5. The van der Waals surface area contributed by atoms with E-state index in [4.69, 9.17) is 0 Å². The molecule has 0 saturated carbocycles. The van der Waals surface area contributed by atoms with Gasteiger partial charge in [-0.2, -0.15) is 0 Å². The number of hydrogen-bond acceptors (Lipinski definition) is 2. The molecular formula is C16H24FNO. The fourth-order valence-electron chi connectivity index (χ4n) is 3.05. The molecule has 1 fully saturated rings. The number of aliphatic hydroxyl groups is 1. The van der Waals surface area contributed by atoms with Gasteiger partial charge < -0.3 is 10.0 Å². The molecule has 1 heterocycles. The lowest BCUT2D eigenvalue weighted by molar-refractivity contribution is 0.128. The van der Waals surface area contributed by atoms with Gasteiger partial charge in [0.05, 0.1) is 6.10 Å². The van der Waals surface area contributed by atoms with Gasteiger partial charge in [0.1, 0.15) is 5.82 Å². The van der Waals surface area contributed by atoms with Gasteiger partial charge in [0.15, 0.2) is 0 Å². The van der Waals surface area contributed by atoms with E-state index >= 15 is 0 Å². The molecule has 0 spiro atoms. The number of likely N-dealkylation sites (tertiary alicyclic amines) is 1. The van der Waals surface area contributed by atoms with Crippen LogP contribution in [0.2, 0.25) is 0 Å². The van der Waals surface area contributed by atoms with E-state index in [1.165, 1.54) is 25.0 Å². The maximum atomic E-state index is 13.1. The van der Waals surface area contributed by atoms with Gasteiger partial charge in [-0.3, -0.25) is 0 Å². The molecule has 0 bridgehead atoms. The molecule has 0 aromatic heterocycles. The van der Waals surface area contributed by atoms with E-state index in [-0.39, 0.29) is 5.82 Å². The molecule has 106 valence electrons. The molecule has 3 heteroatoms. The fourth-order valence-corrected chi connectivity index (χ4v) is 3.05. The van der Waals surface area contributed by atoms with Gasteiger partial charge in [-0.15, -0.1) is 0 Å². The van der Waals surface area contributed by atoms with Crippen LogP contribution in [0.15, 0.2) is 24.3 Å². The van der Waals surface area contributed by atoms with E-state index in [9.17, 15) is 9.50 Å². The fraction of sp³-hybridized carbons (Fsp3) is 0.625. The summed E-state index contributed by atoms with van der Waals surface area (Å²) in [5.41, 5.74) is 0.681. The van der Waals surface area contributed by atoms with Crippen LogP contribution in [0, 0.1) is 11.7 Å². The Labute approximate surface area is 115 Å². The molecule has 0 aliphatic carbocycles. The lowest BCUT2D eigenvalue weighted by Crippen LogP contribution is -2.34. The van der Waals surface area contributed by atoms with Crippen LogP contribution in [-0.4, -0.2) is 29.1 Å². The molecule has 1 aromatic carbocycles. The Bertz CT molecular complexity index is 407. The van der Waals surface area contributed by atoms with E-state index in [2.05, 4.69) is 18.7 Å². The predicted molar refractivity (Wildman–Crippen MR) is 75.4 cm³/mol. The highest BCUT2D eigenvalue weighted by atomic mass is 19.1. The van der Waals surface area contributed by atoms with Crippen molar-refractivity contribution < 1.29 is 9.50 Å². The summed E-state index contributed by atoms with van der Waals surface area (Å²) in [4.78, 5) is 2.47. The number of benzene rings is 1. The molecule has 1 aliphatic heterocycles. The first-order chi connectivity index (χ1) is 9.08. The van der Waals surface area contributed by atoms with E-state index in [1.54, 1.807) is 12.1 Å². The van der Waals surface area contributed by atoms with Crippen molar-refractivity contribution in [2.45, 2.75) is 45.3 Å². The predicted octanol–water partition coefficient (Wildman–Crippen LogP) is 3.37.